The number of aromatic nitrogens is 2. The van der Waals surface area contributed by atoms with Crippen LogP contribution in [0.3, 0.4) is 0 Å². The molecule has 1 aliphatic rings. The van der Waals surface area contributed by atoms with Crippen LogP contribution in [0, 0.1) is 17.8 Å². The molecular weight excluding hydrogens is 680 g/mol. The molecule has 0 spiro atoms. The Morgan fingerprint density at radius 2 is 1.57 bits per heavy atom. The molecule has 0 radical (unpaired) electrons. The second-order valence-corrected chi connectivity index (χ2v) is 15.6. The zero-order chi connectivity index (χ0) is 39.0. The highest BCUT2D eigenvalue weighted by atomic mass is 16.6. The standard InChI is InChI=1S/C39H60N6O8/c1-25(2)18-28(35(49)41-17-16-34(47)48)21-33(46)30(19-26-12-8-6-9-13-26)43-37(51)32(22-29-23-40-24-42-29)44-36(50)31(20-27-14-10-7-11-15-27)45-38(52)53-39(3,4)5/h7,10-11,14-15,23-26,28,30-33,46H,6,8-9,12-13,16-22H2,1-5H3,(H,40,42)(H,41,49)(H,43,51)(H,44,50)(H,45,52)(H,47,48)/t28-,30+,31+,32+,33+/m1/s1. The SMILES string of the molecule is CC(C)C[C@H](C[C@H](O)[C@H](CC1CCCCC1)NC(=O)[C@H](Cc1cnc[nH]1)NC(=O)[C@H](Cc1ccccc1)NC(=O)OC(C)(C)C)C(=O)NCCC(=O)O. The third-order valence-electron chi connectivity index (χ3n) is 9.30. The average Bonchev–Trinajstić information content (AvgIpc) is 3.60. The van der Waals surface area contributed by atoms with Crippen LogP contribution in [0.15, 0.2) is 42.9 Å². The van der Waals surface area contributed by atoms with E-state index in [-0.39, 0.29) is 50.0 Å². The number of carbonyl (C=O) groups is 5. The first-order valence-corrected chi connectivity index (χ1v) is 18.9. The van der Waals surface area contributed by atoms with Crippen molar-refractivity contribution in [3.63, 3.8) is 0 Å². The quantitative estimate of drug-likeness (QED) is 0.104. The minimum absolute atomic E-state index is 0.0237. The number of carbonyl (C=O) groups excluding carboxylic acids is 4. The Balaban J connectivity index is 1.86. The van der Waals surface area contributed by atoms with Crippen molar-refractivity contribution >= 4 is 29.8 Å². The first kappa shape index (κ1) is 42.9. The van der Waals surface area contributed by atoms with Crippen LogP contribution in [0.25, 0.3) is 0 Å². The highest BCUT2D eigenvalue weighted by Gasteiger charge is 2.34. The number of aliphatic hydroxyl groups excluding tert-OH is 1. The number of benzene rings is 1. The number of H-pyrrole nitrogens is 1. The lowest BCUT2D eigenvalue weighted by molar-refractivity contribution is -0.137. The second kappa shape index (κ2) is 21.3. The molecule has 0 unspecified atom stereocenters. The molecule has 0 aliphatic heterocycles. The molecule has 294 valence electrons. The van der Waals surface area contributed by atoms with Crippen LogP contribution in [0.4, 0.5) is 4.79 Å². The molecule has 3 rings (SSSR count). The third kappa shape index (κ3) is 16.4. The van der Waals surface area contributed by atoms with E-state index in [1.165, 1.54) is 6.33 Å². The zero-order valence-corrected chi connectivity index (χ0v) is 31.9. The van der Waals surface area contributed by atoms with Crippen LogP contribution in [-0.4, -0.2) is 86.3 Å². The van der Waals surface area contributed by atoms with Gasteiger partial charge in [0.15, 0.2) is 0 Å². The molecule has 0 saturated heterocycles. The number of carboxylic acid groups (broad SMARTS) is 1. The summed E-state index contributed by atoms with van der Waals surface area (Å²) >= 11 is 0. The first-order chi connectivity index (χ1) is 25.1. The molecule has 1 fully saturated rings. The Morgan fingerprint density at radius 1 is 0.906 bits per heavy atom. The minimum atomic E-state index is -1.12. The van der Waals surface area contributed by atoms with Crippen LogP contribution in [0.5, 0.6) is 0 Å². The van der Waals surface area contributed by atoms with Gasteiger partial charge in [0.25, 0.3) is 0 Å². The maximum Gasteiger partial charge on any atom is 0.408 e. The number of carboxylic acids is 1. The normalized spacial score (nSPS) is 16.4. The molecule has 14 heteroatoms. The molecular formula is C39H60N6O8. The molecule has 2 aromatic rings. The van der Waals surface area contributed by atoms with Crippen molar-refractivity contribution in [2.24, 2.45) is 17.8 Å². The van der Waals surface area contributed by atoms with Crippen molar-refractivity contribution in [2.45, 2.75) is 135 Å². The lowest BCUT2D eigenvalue weighted by Gasteiger charge is -2.33. The fourth-order valence-electron chi connectivity index (χ4n) is 6.76. The van der Waals surface area contributed by atoms with Gasteiger partial charge >= 0.3 is 12.1 Å². The van der Waals surface area contributed by atoms with Crippen molar-refractivity contribution in [3.8, 4) is 0 Å². The van der Waals surface area contributed by atoms with E-state index in [4.69, 9.17) is 9.84 Å². The molecule has 7 N–H and O–H groups in total. The van der Waals surface area contributed by atoms with Gasteiger partial charge in [0.1, 0.15) is 17.7 Å². The van der Waals surface area contributed by atoms with Gasteiger partial charge in [-0.3, -0.25) is 19.2 Å². The van der Waals surface area contributed by atoms with Crippen molar-refractivity contribution in [1.82, 2.24) is 31.2 Å². The lowest BCUT2D eigenvalue weighted by Crippen LogP contribution is -2.58. The number of aliphatic hydroxyl groups is 1. The largest absolute Gasteiger partial charge is 0.481 e. The number of nitrogens with one attached hydrogen (secondary N) is 5. The van der Waals surface area contributed by atoms with Gasteiger partial charge in [-0.05, 0) is 57.4 Å². The number of rotatable bonds is 20. The summed E-state index contributed by atoms with van der Waals surface area (Å²) in [5.74, 6) is -2.73. The summed E-state index contributed by atoms with van der Waals surface area (Å²) in [5.41, 5.74) is 0.573. The summed E-state index contributed by atoms with van der Waals surface area (Å²) < 4.78 is 5.44. The summed E-state index contributed by atoms with van der Waals surface area (Å²) in [6.07, 6.45) is 7.28. The van der Waals surface area contributed by atoms with E-state index in [1.807, 2.05) is 44.2 Å². The number of ether oxygens (including phenoxy) is 1. The topological polar surface area (TPSA) is 212 Å². The Kier molecular flexibility index (Phi) is 17.3. The van der Waals surface area contributed by atoms with Crippen LogP contribution >= 0.6 is 0 Å². The van der Waals surface area contributed by atoms with Crippen LogP contribution < -0.4 is 21.3 Å². The molecule has 14 nitrogen and oxygen atoms in total. The molecule has 5 atom stereocenters. The van der Waals surface area contributed by atoms with E-state index in [0.717, 1.165) is 37.7 Å². The number of aliphatic carboxylic acids is 1. The van der Waals surface area contributed by atoms with Crippen molar-refractivity contribution < 1.29 is 38.9 Å². The number of hydrogen-bond acceptors (Lipinski definition) is 8. The Morgan fingerprint density at radius 3 is 2.17 bits per heavy atom. The summed E-state index contributed by atoms with van der Waals surface area (Å²) in [7, 11) is 0. The Bertz CT molecular complexity index is 1440. The van der Waals surface area contributed by atoms with E-state index in [1.54, 1.807) is 27.0 Å². The van der Waals surface area contributed by atoms with Crippen LogP contribution in [0.1, 0.15) is 104 Å². The van der Waals surface area contributed by atoms with E-state index < -0.39 is 59.6 Å². The number of nitrogens with zero attached hydrogens (tertiary/aromatic N) is 1. The molecule has 4 amide bonds. The molecule has 1 heterocycles. The fourth-order valence-corrected chi connectivity index (χ4v) is 6.76. The lowest BCUT2D eigenvalue weighted by atomic mass is 9.81. The highest BCUT2D eigenvalue weighted by molar-refractivity contribution is 5.91. The van der Waals surface area contributed by atoms with Gasteiger partial charge in [-0.25, -0.2) is 9.78 Å². The van der Waals surface area contributed by atoms with E-state index >= 15 is 0 Å². The predicted octanol–water partition coefficient (Wildman–Crippen LogP) is 4.03. The third-order valence-corrected chi connectivity index (χ3v) is 9.30. The molecule has 1 aliphatic carbocycles. The Hall–Kier alpha value is -4.46. The van der Waals surface area contributed by atoms with Crippen molar-refractivity contribution in [2.75, 3.05) is 6.54 Å². The van der Waals surface area contributed by atoms with E-state index in [2.05, 4.69) is 31.2 Å². The van der Waals surface area contributed by atoms with Gasteiger partial charge in [-0.2, -0.15) is 0 Å². The van der Waals surface area contributed by atoms with Gasteiger partial charge in [0.05, 0.1) is 24.9 Å². The van der Waals surface area contributed by atoms with E-state index in [0.29, 0.717) is 18.5 Å². The van der Waals surface area contributed by atoms with Gasteiger partial charge in [-0.1, -0.05) is 76.3 Å². The molecule has 1 aromatic carbocycles. The second-order valence-electron chi connectivity index (χ2n) is 15.6. The number of aromatic amines is 1. The minimum Gasteiger partial charge on any atom is -0.481 e. The maximum atomic E-state index is 14.2. The number of amides is 4. The van der Waals surface area contributed by atoms with Crippen molar-refractivity contribution in [3.05, 3.63) is 54.1 Å². The van der Waals surface area contributed by atoms with Crippen LogP contribution in [0.2, 0.25) is 0 Å². The summed E-state index contributed by atoms with van der Waals surface area (Å²) in [4.78, 5) is 72.3. The van der Waals surface area contributed by atoms with Gasteiger partial charge in [-0.15, -0.1) is 0 Å². The van der Waals surface area contributed by atoms with Gasteiger partial charge in [0.2, 0.25) is 17.7 Å². The average molecular weight is 741 g/mol. The molecule has 1 aromatic heterocycles. The van der Waals surface area contributed by atoms with Gasteiger partial charge in [0, 0.05) is 37.2 Å². The number of alkyl carbamates (subject to hydrolysis) is 1. The van der Waals surface area contributed by atoms with E-state index in [9.17, 15) is 29.1 Å². The molecule has 53 heavy (non-hydrogen) atoms. The first-order valence-electron chi connectivity index (χ1n) is 18.9. The van der Waals surface area contributed by atoms with Gasteiger partial charge < -0.3 is 41.2 Å². The maximum absolute atomic E-state index is 14.2. The summed E-state index contributed by atoms with van der Waals surface area (Å²) in [5, 5.41) is 32.0. The molecule has 1 saturated carbocycles. The predicted molar refractivity (Wildman–Crippen MR) is 199 cm³/mol. The molecule has 0 bridgehead atoms. The highest BCUT2D eigenvalue weighted by Crippen LogP contribution is 2.30. The van der Waals surface area contributed by atoms with Crippen molar-refractivity contribution in [1.29, 1.82) is 0 Å². The van der Waals surface area contributed by atoms with Crippen LogP contribution in [-0.2, 0) is 36.8 Å². The number of imidazole rings is 1. The zero-order valence-electron chi connectivity index (χ0n) is 31.9. The summed E-state index contributed by atoms with van der Waals surface area (Å²) in [6, 6.07) is 6.25. The number of hydrogen-bond donors (Lipinski definition) is 7. The monoisotopic (exact) mass is 740 g/mol. The summed E-state index contributed by atoms with van der Waals surface area (Å²) in [6.45, 7) is 9.08. The Labute approximate surface area is 313 Å². The smallest absolute Gasteiger partial charge is 0.408 e. The fraction of sp³-hybridized carbons (Fsp3) is 0.641.